The molecular formula is C17H33N4+. The highest BCUT2D eigenvalue weighted by Gasteiger charge is 2.31. The van der Waals surface area contributed by atoms with Crippen LogP contribution in [0.2, 0.25) is 0 Å². The Morgan fingerprint density at radius 2 is 1.95 bits per heavy atom. The predicted octanol–water partition coefficient (Wildman–Crippen LogP) is 2.78. The van der Waals surface area contributed by atoms with Gasteiger partial charge in [0.1, 0.15) is 31.2 Å². The highest BCUT2D eigenvalue weighted by molar-refractivity contribution is 5.78. The molecule has 0 aromatic carbocycles. The summed E-state index contributed by atoms with van der Waals surface area (Å²) in [4.78, 5) is 2.41. The average Bonchev–Trinajstić information content (AvgIpc) is 2.91. The minimum absolute atomic E-state index is 0.615. The van der Waals surface area contributed by atoms with E-state index >= 15 is 0 Å². The third kappa shape index (κ3) is 4.30. The second-order valence-electron chi connectivity index (χ2n) is 6.72. The first-order valence-electron chi connectivity index (χ1n) is 8.71. The normalized spacial score (nSPS) is 27.4. The van der Waals surface area contributed by atoms with Crippen molar-refractivity contribution in [3.8, 4) is 0 Å². The fourth-order valence-corrected chi connectivity index (χ4v) is 3.36. The molecule has 21 heavy (non-hydrogen) atoms. The van der Waals surface area contributed by atoms with Gasteiger partial charge in [0.05, 0.1) is 0 Å². The van der Waals surface area contributed by atoms with Crippen LogP contribution in [0.3, 0.4) is 0 Å². The number of nitrogens with one attached hydrogen (secondary N) is 1. The Morgan fingerprint density at radius 3 is 2.52 bits per heavy atom. The molecule has 4 nitrogen and oxygen atoms in total. The third-order valence-electron chi connectivity index (χ3n) is 5.17. The molecule has 2 heterocycles. The molecule has 0 aromatic heterocycles. The summed E-state index contributed by atoms with van der Waals surface area (Å²) in [5.41, 5.74) is 1.23. The van der Waals surface area contributed by atoms with Gasteiger partial charge in [0.15, 0.2) is 0 Å². The first-order chi connectivity index (χ1) is 10.1. The van der Waals surface area contributed by atoms with E-state index in [0.717, 1.165) is 23.6 Å². The molecule has 1 N–H and O–H groups in total. The van der Waals surface area contributed by atoms with Crippen LogP contribution >= 0.6 is 0 Å². The molecule has 0 amide bonds. The number of hydrogen-bond acceptors (Lipinski definition) is 3. The van der Waals surface area contributed by atoms with Gasteiger partial charge in [-0.25, -0.2) is 0 Å². The molecule has 2 rings (SSSR count). The van der Waals surface area contributed by atoms with Crippen LogP contribution in [0.1, 0.15) is 46.5 Å². The van der Waals surface area contributed by atoms with Crippen LogP contribution in [-0.4, -0.2) is 55.0 Å². The molecule has 0 radical (unpaired) electrons. The van der Waals surface area contributed by atoms with Crippen molar-refractivity contribution >= 4 is 6.21 Å². The molecule has 2 aliphatic heterocycles. The summed E-state index contributed by atoms with van der Waals surface area (Å²) in [6.45, 7) is 11.4. The molecule has 1 unspecified atom stereocenters. The molecule has 4 heteroatoms. The number of likely N-dealkylation sites (tertiary alicyclic amines) is 1. The number of piperidine rings is 1. The van der Waals surface area contributed by atoms with E-state index in [-0.39, 0.29) is 0 Å². The minimum atomic E-state index is 0.615. The standard InChI is InChI=1S/C17H33N4/c1-5-15(6-2)13-21(7-3)14-17(12-18-21)19-16-8-10-20(4)11-9-16/h12,14-16,19H,5-11,13H2,1-4H3/q+1. The molecule has 120 valence electrons. The lowest BCUT2D eigenvalue weighted by molar-refractivity contribution is -0.885. The van der Waals surface area contributed by atoms with Gasteiger partial charge in [0.2, 0.25) is 0 Å². The lowest BCUT2D eigenvalue weighted by Gasteiger charge is -2.30. The Morgan fingerprint density at radius 1 is 1.29 bits per heavy atom. The molecule has 1 fully saturated rings. The summed E-state index contributed by atoms with van der Waals surface area (Å²) in [6.07, 6.45) is 9.37. The lowest BCUT2D eigenvalue weighted by Crippen LogP contribution is -2.41. The summed E-state index contributed by atoms with van der Waals surface area (Å²) < 4.78 is 0.779. The van der Waals surface area contributed by atoms with Crippen molar-refractivity contribution in [3.05, 3.63) is 11.9 Å². The van der Waals surface area contributed by atoms with Crippen molar-refractivity contribution in [3.63, 3.8) is 0 Å². The third-order valence-corrected chi connectivity index (χ3v) is 5.17. The van der Waals surface area contributed by atoms with Gasteiger partial charge in [-0.2, -0.15) is 4.59 Å². The van der Waals surface area contributed by atoms with Gasteiger partial charge in [0, 0.05) is 12.0 Å². The summed E-state index contributed by atoms with van der Waals surface area (Å²) in [7, 11) is 2.21. The van der Waals surface area contributed by atoms with Gasteiger partial charge < -0.3 is 10.2 Å². The second kappa shape index (κ2) is 7.41. The lowest BCUT2D eigenvalue weighted by atomic mass is 10.0. The van der Waals surface area contributed by atoms with Crippen LogP contribution in [0.15, 0.2) is 17.0 Å². The van der Waals surface area contributed by atoms with Crippen LogP contribution in [0.4, 0.5) is 0 Å². The fourth-order valence-electron chi connectivity index (χ4n) is 3.36. The van der Waals surface area contributed by atoms with E-state index in [0.29, 0.717) is 6.04 Å². The number of nitrogens with zero attached hydrogens (tertiary/aromatic N) is 3. The number of quaternary nitrogens is 1. The number of allylic oxidation sites excluding steroid dienone is 1. The largest absolute Gasteiger partial charge is 0.376 e. The zero-order chi connectivity index (χ0) is 15.3. The summed E-state index contributed by atoms with van der Waals surface area (Å²) in [5.74, 6) is 0.765. The van der Waals surface area contributed by atoms with Gasteiger partial charge in [-0.05, 0) is 52.7 Å². The summed E-state index contributed by atoms with van der Waals surface area (Å²) >= 11 is 0. The van der Waals surface area contributed by atoms with Crippen LogP contribution in [-0.2, 0) is 0 Å². The fraction of sp³-hybridized carbons (Fsp3) is 0.824. The molecule has 0 aliphatic carbocycles. The average molecular weight is 293 g/mol. The van der Waals surface area contributed by atoms with E-state index < -0.39 is 0 Å². The van der Waals surface area contributed by atoms with E-state index in [9.17, 15) is 0 Å². The Bertz CT molecular complexity index is 378. The molecule has 0 aromatic rings. The van der Waals surface area contributed by atoms with Crippen molar-refractivity contribution in [1.29, 1.82) is 0 Å². The summed E-state index contributed by atoms with van der Waals surface area (Å²) in [5, 5.41) is 8.54. The maximum absolute atomic E-state index is 4.83. The molecule has 0 saturated carbocycles. The van der Waals surface area contributed by atoms with Crippen LogP contribution < -0.4 is 5.32 Å². The monoisotopic (exact) mass is 293 g/mol. The molecule has 0 bridgehead atoms. The van der Waals surface area contributed by atoms with Gasteiger partial charge in [-0.15, -0.1) is 0 Å². The van der Waals surface area contributed by atoms with Gasteiger partial charge in [-0.3, -0.25) is 0 Å². The first-order valence-corrected chi connectivity index (χ1v) is 8.71. The van der Waals surface area contributed by atoms with Crippen molar-refractivity contribution in [2.24, 2.45) is 11.0 Å². The molecular weight excluding hydrogens is 260 g/mol. The Kier molecular flexibility index (Phi) is 5.82. The highest BCUT2D eigenvalue weighted by atomic mass is 15.6. The SMILES string of the molecule is CCC(CC)C[N+]1(CC)C=C(NC2CCN(C)CC2)C=N1. The van der Waals surface area contributed by atoms with Gasteiger partial charge in [-0.1, -0.05) is 18.9 Å². The Labute approximate surface area is 130 Å². The molecule has 1 saturated heterocycles. The van der Waals surface area contributed by atoms with Gasteiger partial charge >= 0.3 is 0 Å². The molecule has 0 spiro atoms. The topological polar surface area (TPSA) is 27.6 Å². The van der Waals surface area contributed by atoms with Crippen molar-refractivity contribution in [1.82, 2.24) is 10.2 Å². The Balaban J connectivity index is 1.94. The second-order valence-corrected chi connectivity index (χ2v) is 6.72. The number of rotatable bonds is 7. The van der Waals surface area contributed by atoms with E-state index in [2.05, 4.69) is 50.5 Å². The van der Waals surface area contributed by atoms with Crippen LogP contribution in [0.5, 0.6) is 0 Å². The maximum atomic E-state index is 4.83. The zero-order valence-electron chi connectivity index (χ0n) is 14.3. The van der Waals surface area contributed by atoms with Crippen LogP contribution in [0.25, 0.3) is 0 Å². The van der Waals surface area contributed by atoms with E-state index in [1.54, 1.807) is 0 Å². The first kappa shape index (κ1) is 16.5. The zero-order valence-corrected chi connectivity index (χ0v) is 14.3. The minimum Gasteiger partial charge on any atom is -0.376 e. The van der Waals surface area contributed by atoms with Crippen molar-refractivity contribution in [2.75, 3.05) is 33.2 Å². The Hall–Kier alpha value is -0.870. The van der Waals surface area contributed by atoms with E-state index in [1.165, 1.54) is 44.5 Å². The van der Waals surface area contributed by atoms with E-state index in [1.807, 2.05) is 0 Å². The highest BCUT2D eigenvalue weighted by Crippen LogP contribution is 2.23. The smallest absolute Gasteiger partial charge is 0.148 e. The van der Waals surface area contributed by atoms with Gasteiger partial charge in [0.25, 0.3) is 0 Å². The predicted molar refractivity (Wildman–Crippen MR) is 90.0 cm³/mol. The number of hydrogen-bond donors (Lipinski definition) is 1. The van der Waals surface area contributed by atoms with Crippen molar-refractivity contribution in [2.45, 2.75) is 52.5 Å². The van der Waals surface area contributed by atoms with E-state index in [4.69, 9.17) is 5.10 Å². The van der Waals surface area contributed by atoms with Crippen molar-refractivity contribution < 1.29 is 4.59 Å². The molecule has 2 aliphatic rings. The van der Waals surface area contributed by atoms with Crippen LogP contribution in [0, 0.1) is 5.92 Å². The maximum Gasteiger partial charge on any atom is 0.148 e. The molecule has 1 atom stereocenters. The quantitative estimate of drug-likeness (QED) is 0.731. The summed E-state index contributed by atoms with van der Waals surface area (Å²) in [6, 6.07) is 0.615.